The van der Waals surface area contributed by atoms with Crippen LogP contribution in [0, 0.1) is 5.92 Å². The zero-order valence-electron chi connectivity index (χ0n) is 18.6. The predicted molar refractivity (Wildman–Crippen MR) is 111 cm³/mol. The van der Waals surface area contributed by atoms with E-state index in [-0.39, 0.29) is 30.4 Å². The summed E-state index contributed by atoms with van der Waals surface area (Å²) < 4.78 is 44.3. The van der Waals surface area contributed by atoms with Crippen LogP contribution in [0.3, 0.4) is 0 Å². The number of piperidine rings is 2. The first-order chi connectivity index (χ1) is 14.9. The van der Waals surface area contributed by atoms with Crippen molar-refractivity contribution in [2.75, 3.05) is 31.1 Å². The summed E-state index contributed by atoms with van der Waals surface area (Å²) in [6.45, 7) is 7.06. The number of rotatable bonds is 3. The van der Waals surface area contributed by atoms with Crippen molar-refractivity contribution in [1.29, 1.82) is 0 Å². The van der Waals surface area contributed by atoms with Crippen LogP contribution in [0.15, 0.2) is 12.3 Å². The molecule has 2 saturated heterocycles. The minimum absolute atomic E-state index is 0.00698. The molecule has 0 unspecified atom stereocenters. The monoisotopic (exact) mass is 457 g/mol. The van der Waals surface area contributed by atoms with E-state index in [2.05, 4.69) is 15.3 Å². The van der Waals surface area contributed by atoms with Crippen LogP contribution in [-0.2, 0) is 15.7 Å². The van der Waals surface area contributed by atoms with Gasteiger partial charge in [-0.2, -0.15) is 13.2 Å². The molecule has 0 aromatic carbocycles. The zero-order chi connectivity index (χ0) is 23.5. The van der Waals surface area contributed by atoms with Crippen LogP contribution < -0.4 is 10.2 Å². The lowest BCUT2D eigenvalue weighted by atomic mass is 9.96. The third-order valence-electron chi connectivity index (χ3n) is 5.43. The first kappa shape index (κ1) is 24.1. The van der Waals surface area contributed by atoms with E-state index in [1.54, 1.807) is 30.6 Å². The summed E-state index contributed by atoms with van der Waals surface area (Å²) in [5, 5.41) is 3.00. The van der Waals surface area contributed by atoms with E-state index < -0.39 is 23.6 Å². The van der Waals surface area contributed by atoms with Crippen molar-refractivity contribution in [3.63, 3.8) is 0 Å². The van der Waals surface area contributed by atoms with Gasteiger partial charge in [-0.3, -0.25) is 4.79 Å². The maximum Gasteiger partial charge on any atom is 0.433 e. The van der Waals surface area contributed by atoms with Gasteiger partial charge in [0.2, 0.25) is 11.9 Å². The lowest BCUT2D eigenvalue weighted by Gasteiger charge is -2.36. The molecule has 0 aliphatic carbocycles. The Morgan fingerprint density at radius 1 is 1.12 bits per heavy atom. The van der Waals surface area contributed by atoms with E-state index in [0.29, 0.717) is 45.3 Å². The molecule has 2 amide bonds. The molecule has 32 heavy (non-hydrogen) atoms. The molecule has 1 aromatic heterocycles. The first-order valence-electron chi connectivity index (χ1n) is 10.9. The van der Waals surface area contributed by atoms with Gasteiger partial charge < -0.3 is 19.9 Å². The number of hydrogen-bond donors (Lipinski definition) is 1. The highest BCUT2D eigenvalue weighted by molar-refractivity contribution is 5.80. The summed E-state index contributed by atoms with van der Waals surface area (Å²) in [6, 6.07) is 0.609. The molecule has 2 fully saturated rings. The van der Waals surface area contributed by atoms with E-state index in [1.807, 2.05) is 0 Å². The van der Waals surface area contributed by atoms with Crippen LogP contribution in [0.5, 0.6) is 0 Å². The molecular weight excluding hydrogens is 427 g/mol. The number of amides is 2. The molecule has 2 aliphatic heterocycles. The van der Waals surface area contributed by atoms with Gasteiger partial charge in [0.25, 0.3) is 0 Å². The molecule has 1 aromatic rings. The Bertz CT molecular complexity index is 828. The summed E-state index contributed by atoms with van der Waals surface area (Å²) in [4.78, 5) is 36.1. The SMILES string of the molecule is CC(C)(C)OC(=O)N1CCC[C@@H](C(=O)N[C@@H]2CCCN(c3nccc(C(F)(F)F)n3)C2)C1. The summed E-state index contributed by atoms with van der Waals surface area (Å²) in [7, 11) is 0. The number of likely N-dealkylation sites (tertiary alicyclic amines) is 1. The van der Waals surface area contributed by atoms with Crippen LogP contribution in [0.25, 0.3) is 0 Å². The van der Waals surface area contributed by atoms with E-state index in [0.717, 1.165) is 12.3 Å². The number of ether oxygens (including phenoxy) is 1. The first-order valence-corrected chi connectivity index (χ1v) is 10.9. The number of halogens is 3. The minimum Gasteiger partial charge on any atom is -0.444 e. The number of carbonyl (C=O) groups is 2. The lowest BCUT2D eigenvalue weighted by molar-refractivity contribution is -0.141. The Morgan fingerprint density at radius 3 is 2.53 bits per heavy atom. The molecule has 0 radical (unpaired) electrons. The summed E-state index contributed by atoms with van der Waals surface area (Å²) in [5.74, 6) is -0.501. The highest BCUT2D eigenvalue weighted by atomic mass is 19.4. The molecule has 3 rings (SSSR count). The fourth-order valence-electron chi connectivity index (χ4n) is 3.94. The molecule has 3 heterocycles. The Morgan fingerprint density at radius 2 is 1.84 bits per heavy atom. The predicted octanol–water partition coefficient (Wildman–Crippen LogP) is 3.23. The number of anilines is 1. The highest BCUT2D eigenvalue weighted by Crippen LogP contribution is 2.28. The highest BCUT2D eigenvalue weighted by Gasteiger charge is 2.35. The van der Waals surface area contributed by atoms with Gasteiger partial charge in [-0.25, -0.2) is 14.8 Å². The Labute approximate surface area is 185 Å². The van der Waals surface area contributed by atoms with Crippen molar-refractivity contribution in [2.45, 2.75) is 64.3 Å². The topological polar surface area (TPSA) is 87.7 Å². The molecule has 2 aliphatic rings. The third kappa shape index (κ3) is 6.46. The Hall–Kier alpha value is -2.59. The van der Waals surface area contributed by atoms with Gasteiger partial charge in [0.1, 0.15) is 11.3 Å². The smallest absolute Gasteiger partial charge is 0.433 e. The van der Waals surface area contributed by atoms with Gasteiger partial charge >= 0.3 is 12.3 Å². The minimum atomic E-state index is -4.54. The molecule has 11 heteroatoms. The van der Waals surface area contributed by atoms with Gasteiger partial charge in [-0.1, -0.05) is 0 Å². The van der Waals surface area contributed by atoms with E-state index >= 15 is 0 Å². The van der Waals surface area contributed by atoms with Gasteiger partial charge in [-0.15, -0.1) is 0 Å². The van der Waals surface area contributed by atoms with Crippen molar-refractivity contribution in [1.82, 2.24) is 20.2 Å². The maximum atomic E-state index is 13.0. The van der Waals surface area contributed by atoms with Crippen molar-refractivity contribution in [3.05, 3.63) is 18.0 Å². The Kier molecular flexibility index (Phi) is 7.14. The maximum absolute atomic E-state index is 13.0. The van der Waals surface area contributed by atoms with Crippen molar-refractivity contribution in [2.24, 2.45) is 5.92 Å². The van der Waals surface area contributed by atoms with Crippen LogP contribution in [0.1, 0.15) is 52.1 Å². The Balaban J connectivity index is 1.58. The van der Waals surface area contributed by atoms with Gasteiger partial charge in [0.05, 0.1) is 5.92 Å². The van der Waals surface area contributed by atoms with Crippen molar-refractivity contribution < 1.29 is 27.5 Å². The van der Waals surface area contributed by atoms with Crippen LogP contribution in [0.2, 0.25) is 0 Å². The van der Waals surface area contributed by atoms with Gasteiger partial charge in [0, 0.05) is 38.4 Å². The molecule has 1 N–H and O–H groups in total. The summed E-state index contributed by atoms with van der Waals surface area (Å²) in [5.41, 5.74) is -1.60. The second kappa shape index (κ2) is 9.50. The van der Waals surface area contributed by atoms with Gasteiger partial charge in [-0.05, 0) is 52.5 Å². The number of hydrogen-bond acceptors (Lipinski definition) is 6. The van der Waals surface area contributed by atoms with E-state index in [1.165, 1.54) is 0 Å². The molecule has 0 bridgehead atoms. The van der Waals surface area contributed by atoms with Crippen molar-refractivity contribution >= 4 is 17.9 Å². The van der Waals surface area contributed by atoms with Crippen LogP contribution in [0.4, 0.5) is 23.9 Å². The standard InChI is InChI=1S/C21H30F3N5O3/c1-20(2,3)32-19(31)29-11-4-6-14(12-29)17(30)26-15-7-5-10-28(13-15)18-25-9-8-16(27-18)21(22,23)24/h8-9,14-15H,4-7,10-13H2,1-3H3,(H,26,30)/t14-,15-/m1/s1. The van der Waals surface area contributed by atoms with Crippen molar-refractivity contribution in [3.8, 4) is 0 Å². The second-order valence-corrected chi connectivity index (χ2v) is 9.30. The number of alkyl halides is 3. The third-order valence-corrected chi connectivity index (χ3v) is 5.43. The largest absolute Gasteiger partial charge is 0.444 e. The second-order valence-electron chi connectivity index (χ2n) is 9.30. The zero-order valence-corrected chi connectivity index (χ0v) is 18.6. The molecule has 8 nitrogen and oxygen atoms in total. The van der Waals surface area contributed by atoms with E-state index in [9.17, 15) is 22.8 Å². The number of nitrogens with zero attached hydrogens (tertiary/aromatic N) is 4. The van der Waals surface area contributed by atoms with E-state index in [4.69, 9.17) is 4.74 Å². The average Bonchev–Trinajstić information content (AvgIpc) is 2.72. The van der Waals surface area contributed by atoms with Crippen LogP contribution >= 0.6 is 0 Å². The summed E-state index contributed by atoms with van der Waals surface area (Å²) >= 11 is 0. The molecule has 178 valence electrons. The number of aromatic nitrogens is 2. The number of nitrogens with one attached hydrogen (secondary N) is 1. The van der Waals surface area contributed by atoms with Gasteiger partial charge in [0.15, 0.2) is 0 Å². The normalized spacial score (nSPS) is 22.4. The fraction of sp³-hybridized carbons (Fsp3) is 0.714. The fourth-order valence-corrected chi connectivity index (χ4v) is 3.94. The van der Waals surface area contributed by atoms with Crippen LogP contribution in [-0.4, -0.2) is 64.7 Å². The summed E-state index contributed by atoms with van der Waals surface area (Å²) in [6.07, 6.45) is -1.10. The molecule has 2 atom stereocenters. The average molecular weight is 457 g/mol. The number of carbonyl (C=O) groups excluding carboxylic acids is 2. The quantitative estimate of drug-likeness (QED) is 0.750. The molecule has 0 saturated carbocycles. The molecule has 0 spiro atoms. The lowest BCUT2D eigenvalue weighted by Crippen LogP contribution is -2.52. The molecular formula is C21H30F3N5O3.